The average Bonchev–Trinajstić information content (AvgIpc) is 2.96. The van der Waals surface area contributed by atoms with Gasteiger partial charge in [0.2, 0.25) is 0 Å². The van der Waals surface area contributed by atoms with E-state index in [2.05, 4.69) is 12.1 Å². The molecule has 0 N–H and O–H groups in total. The number of hydrogen-bond acceptors (Lipinski definition) is 4. The van der Waals surface area contributed by atoms with Crippen molar-refractivity contribution >= 4 is 23.6 Å². The van der Waals surface area contributed by atoms with Crippen molar-refractivity contribution in [2.45, 2.75) is 55.8 Å². The first-order chi connectivity index (χ1) is 11.3. The average molecular weight is 347 g/mol. The summed E-state index contributed by atoms with van der Waals surface area (Å²) < 4.78 is 5.45. The van der Waals surface area contributed by atoms with Crippen LogP contribution in [0, 0.1) is 5.92 Å². The van der Waals surface area contributed by atoms with Gasteiger partial charge >= 0.3 is 6.09 Å². The molecule has 0 radical (unpaired) electrons. The first kappa shape index (κ1) is 17.3. The Balaban J connectivity index is 1.61. The van der Waals surface area contributed by atoms with Crippen molar-refractivity contribution in [2.75, 3.05) is 13.1 Å². The molecule has 130 valence electrons. The van der Waals surface area contributed by atoms with E-state index in [0.717, 1.165) is 19.3 Å². The molecular formula is C19H25NO3S. The molecular weight excluding hydrogens is 322 g/mol. The van der Waals surface area contributed by atoms with Gasteiger partial charge in [0.1, 0.15) is 5.60 Å². The number of carbonyl (C=O) groups excluding carboxylic acids is 2. The third kappa shape index (κ3) is 3.94. The van der Waals surface area contributed by atoms with Crippen LogP contribution in [0.4, 0.5) is 4.79 Å². The molecule has 0 aliphatic carbocycles. The molecule has 2 aliphatic heterocycles. The van der Waals surface area contributed by atoms with Crippen LogP contribution in [-0.2, 0) is 16.0 Å². The Hall–Kier alpha value is -1.49. The molecule has 2 heterocycles. The number of benzene rings is 1. The van der Waals surface area contributed by atoms with Gasteiger partial charge in [-0.3, -0.25) is 4.79 Å². The van der Waals surface area contributed by atoms with E-state index in [9.17, 15) is 9.59 Å². The van der Waals surface area contributed by atoms with Gasteiger partial charge in [-0.2, -0.15) is 0 Å². The molecule has 1 fully saturated rings. The Kier molecular flexibility index (Phi) is 4.90. The molecule has 0 aromatic heterocycles. The number of amides is 1. The number of Topliss-reactive ketones (excluding diaryl/α,β-unsaturated/α-hetero) is 1. The minimum atomic E-state index is -0.503. The zero-order valence-corrected chi connectivity index (χ0v) is 15.4. The Labute approximate surface area is 147 Å². The molecule has 4 nitrogen and oxygen atoms in total. The van der Waals surface area contributed by atoms with Gasteiger partial charge in [0.25, 0.3) is 0 Å². The molecule has 0 saturated carbocycles. The fourth-order valence-corrected chi connectivity index (χ4v) is 4.64. The number of fused-ring (bicyclic) bond motifs is 1. The van der Waals surface area contributed by atoms with Gasteiger partial charge in [0.15, 0.2) is 5.78 Å². The summed E-state index contributed by atoms with van der Waals surface area (Å²) in [5.41, 5.74) is 0.762. The smallest absolute Gasteiger partial charge is 0.410 e. The molecule has 0 bridgehead atoms. The minimum Gasteiger partial charge on any atom is -0.444 e. The van der Waals surface area contributed by atoms with Gasteiger partial charge in [-0.05, 0) is 51.7 Å². The first-order valence-corrected chi connectivity index (χ1v) is 9.48. The number of ether oxygens (including phenoxy) is 1. The molecule has 3 rings (SSSR count). The highest BCUT2D eigenvalue weighted by Gasteiger charge is 2.36. The van der Waals surface area contributed by atoms with Crippen LogP contribution in [0.3, 0.4) is 0 Å². The second kappa shape index (κ2) is 6.79. The fraction of sp³-hybridized carbons (Fsp3) is 0.579. The Morgan fingerprint density at radius 2 is 2.00 bits per heavy atom. The summed E-state index contributed by atoms with van der Waals surface area (Å²) in [7, 11) is 0. The highest BCUT2D eigenvalue weighted by molar-refractivity contribution is 8.01. The van der Waals surface area contributed by atoms with Crippen LogP contribution < -0.4 is 0 Å². The van der Waals surface area contributed by atoms with E-state index in [4.69, 9.17) is 4.74 Å². The van der Waals surface area contributed by atoms with Gasteiger partial charge in [0, 0.05) is 23.9 Å². The van der Waals surface area contributed by atoms with E-state index in [-0.39, 0.29) is 23.0 Å². The number of thioether (sulfide) groups is 1. The largest absolute Gasteiger partial charge is 0.444 e. The van der Waals surface area contributed by atoms with Crippen LogP contribution in [0.25, 0.3) is 0 Å². The van der Waals surface area contributed by atoms with Gasteiger partial charge in [-0.25, -0.2) is 4.79 Å². The summed E-state index contributed by atoms with van der Waals surface area (Å²) in [5.74, 6) is 0.211. The van der Waals surface area contributed by atoms with Crippen LogP contribution in [0.15, 0.2) is 29.2 Å². The van der Waals surface area contributed by atoms with Gasteiger partial charge < -0.3 is 9.64 Å². The molecule has 1 aromatic rings. The van der Waals surface area contributed by atoms with Gasteiger partial charge in [0.05, 0.1) is 5.25 Å². The van der Waals surface area contributed by atoms with Crippen molar-refractivity contribution in [1.29, 1.82) is 0 Å². The molecule has 2 atom stereocenters. The van der Waals surface area contributed by atoms with Gasteiger partial charge in [-0.15, -0.1) is 11.8 Å². The summed E-state index contributed by atoms with van der Waals surface area (Å²) in [4.78, 5) is 28.1. The number of ketones is 1. The van der Waals surface area contributed by atoms with Crippen molar-refractivity contribution in [3.63, 3.8) is 0 Å². The lowest BCUT2D eigenvalue weighted by atomic mass is 9.90. The standard InChI is InChI=1S/C19H25NO3S/c1-19(2,3)23-18(22)20-10-6-8-14(12-20)17(21)16-11-13-7-4-5-9-15(13)24-16/h4-5,7,9,14,16H,6,8,10-12H2,1-3H3/t14-,16?/m1/s1. The zero-order valence-electron chi connectivity index (χ0n) is 14.6. The van der Waals surface area contributed by atoms with Crippen molar-refractivity contribution in [3.8, 4) is 0 Å². The van der Waals surface area contributed by atoms with Crippen molar-refractivity contribution in [2.24, 2.45) is 5.92 Å². The predicted molar refractivity (Wildman–Crippen MR) is 95.3 cm³/mol. The van der Waals surface area contributed by atoms with E-state index >= 15 is 0 Å². The lowest BCUT2D eigenvalue weighted by Gasteiger charge is -2.34. The second-order valence-corrected chi connectivity index (χ2v) is 8.83. The molecule has 1 amide bonds. The molecule has 24 heavy (non-hydrogen) atoms. The maximum Gasteiger partial charge on any atom is 0.410 e. The van der Waals surface area contributed by atoms with E-state index in [1.807, 2.05) is 32.9 Å². The molecule has 0 spiro atoms. The van der Waals surface area contributed by atoms with Crippen molar-refractivity contribution in [1.82, 2.24) is 4.90 Å². The van der Waals surface area contributed by atoms with Crippen LogP contribution in [0.1, 0.15) is 39.2 Å². The maximum absolute atomic E-state index is 12.9. The number of piperidine rings is 1. The lowest BCUT2D eigenvalue weighted by Crippen LogP contribution is -2.46. The number of nitrogens with zero attached hydrogens (tertiary/aromatic N) is 1. The predicted octanol–water partition coefficient (Wildman–Crippen LogP) is 3.92. The molecule has 1 aromatic carbocycles. The van der Waals surface area contributed by atoms with Crippen LogP contribution in [0.2, 0.25) is 0 Å². The quantitative estimate of drug-likeness (QED) is 0.813. The maximum atomic E-state index is 12.9. The summed E-state index contributed by atoms with van der Waals surface area (Å²) >= 11 is 1.67. The van der Waals surface area contributed by atoms with Crippen LogP contribution in [-0.4, -0.2) is 40.7 Å². The molecule has 1 saturated heterocycles. The Morgan fingerprint density at radius 1 is 1.25 bits per heavy atom. The summed E-state index contributed by atoms with van der Waals surface area (Å²) in [6.45, 7) is 6.76. The van der Waals surface area contributed by atoms with Crippen LogP contribution in [0.5, 0.6) is 0 Å². The highest BCUT2D eigenvalue weighted by atomic mass is 32.2. The highest BCUT2D eigenvalue weighted by Crippen LogP contribution is 2.39. The monoisotopic (exact) mass is 347 g/mol. The Morgan fingerprint density at radius 3 is 2.71 bits per heavy atom. The number of carbonyl (C=O) groups is 2. The minimum absolute atomic E-state index is 0.00835. The van der Waals surface area contributed by atoms with E-state index < -0.39 is 5.60 Å². The van der Waals surface area contributed by atoms with Crippen molar-refractivity contribution < 1.29 is 14.3 Å². The van der Waals surface area contributed by atoms with Gasteiger partial charge in [-0.1, -0.05) is 18.2 Å². The Bertz CT molecular complexity index is 613. The van der Waals surface area contributed by atoms with E-state index in [1.165, 1.54) is 10.5 Å². The fourth-order valence-electron chi connectivity index (χ4n) is 3.31. The molecule has 2 aliphatic rings. The second-order valence-electron chi connectivity index (χ2n) is 7.59. The number of hydrogen-bond donors (Lipinski definition) is 0. The SMILES string of the molecule is CC(C)(C)OC(=O)N1CCC[C@@H](C(=O)C2Cc3ccccc3S2)C1. The molecule has 1 unspecified atom stereocenters. The van der Waals surface area contributed by atoms with Crippen molar-refractivity contribution in [3.05, 3.63) is 29.8 Å². The van der Waals surface area contributed by atoms with Crippen LogP contribution >= 0.6 is 11.8 Å². The summed E-state index contributed by atoms with van der Waals surface area (Å²) in [6, 6.07) is 8.23. The number of likely N-dealkylation sites (tertiary alicyclic amines) is 1. The van der Waals surface area contributed by atoms with E-state index in [0.29, 0.717) is 13.1 Å². The third-order valence-electron chi connectivity index (χ3n) is 4.44. The third-order valence-corrected chi connectivity index (χ3v) is 5.78. The number of rotatable bonds is 2. The first-order valence-electron chi connectivity index (χ1n) is 8.60. The topological polar surface area (TPSA) is 46.6 Å². The normalized spacial score (nSPS) is 23.7. The van der Waals surface area contributed by atoms with E-state index in [1.54, 1.807) is 16.7 Å². The molecule has 5 heteroatoms. The summed E-state index contributed by atoms with van der Waals surface area (Å²) in [6.07, 6.45) is 2.23. The summed E-state index contributed by atoms with van der Waals surface area (Å²) in [5, 5.41) is -0.00835. The lowest BCUT2D eigenvalue weighted by molar-refractivity contribution is -0.123. The zero-order chi connectivity index (χ0) is 17.3.